The van der Waals surface area contributed by atoms with Gasteiger partial charge in [0, 0.05) is 28.3 Å². The van der Waals surface area contributed by atoms with Crippen LogP contribution in [0.25, 0.3) is 22.2 Å². The van der Waals surface area contributed by atoms with E-state index < -0.39 is 5.60 Å². The monoisotopic (exact) mass is 471 g/mol. The van der Waals surface area contributed by atoms with Gasteiger partial charge in [-0.25, -0.2) is 9.36 Å². The minimum Gasteiger partial charge on any atom is -0.443 e. The van der Waals surface area contributed by atoms with Gasteiger partial charge in [-0.1, -0.05) is 19.9 Å². The Morgan fingerprint density at radius 1 is 1.09 bits per heavy atom. The second-order valence-corrected chi connectivity index (χ2v) is 11.3. The summed E-state index contributed by atoms with van der Waals surface area (Å²) in [7, 11) is 0. The Balaban J connectivity index is 1.95. The Labute approximate surface area is 209 Å². The van der Waals surface area contributed by atoms with Gasteiger partial charge in [-0.05, 0) is 108 Å². The molecule has 35 heavy (non-hydrogen) atoms. The average molecular weight is 472 g/mol. The number of hydrogen-bond acceptors (Lipinski definition) is 4. The molecule has 2 heterocycles. The van der Waals surface area contributed by atoms with Crippen molar-refractivity contribution in [3.63, 3.8) is 0 Å². The van der Waals surface area contributed by atoms with Crippen LogP contribution in [0, 0.1) is 31.1 Å². The second-order valence-electron chi connectivity index (χ2n) is 11.3. The Kier molecular flexibility index (Phi) is 6.77. The van der Waals surface area contributed by atoms with Crippen molar-refractivity contribution >= 4 is 17.0 Å². The molecule has 0 spiro atoms. The molecule has 0 radical (unpaired) electrons. The predicted octanol–water partition coefficient (Wildman–Crippen LogP) is 8.02. The molecule has 0 N–H and O–H groups in total. The first-order valence-corrected chi connectivity index (χ1v) is 12.8. The second kappa shape index (κ2) is 9.49. The maximum Gasteiger partial charge on any atom is 0.419 e. The standard InChI is InChI=1S/C30H37N3O2/c1-18(2)27-25-16-23(22-10-8-21(17-31)9-11-22)12-13-26(25)33(29(34)35-30(5,6)7)28(27)24-14-19(3)32-20(4)15-24/h12-16,18,21-22H,8-11H2,1-7H3. The van der Waals surface area contributed by atoms with E-state index in [0.29, 0.717) is 5.92 Å². The van der Waals surface area contributed by atoms with Crippen molar-refractivity contribution in [2.75, 3.05) is 0 Å². The van der Waals surface area contributed by atoms with Crippen LogP contribution in [-0.4, -0.2) is 21.2 Å². The van der Waals surface area contributed by atoms with E-state index in [2.05, 4.69) is 55.2 Å². The zero-order valence-corrected chi connectivity index (χ0v) is 22.1. The van der Waals surface area contributed by atoms with E-state index in [1.165, 1.54) is 5.56 Å². The van der Waals surface area contributed by atoms with Crippen LogP contribution in [0.5, 0.6) is 0 Å². The number of fused-ring (bicyclic) bond motifs is 1. The summed E-state index contributed by atoms with van der Waals surface area (Å²) in [5.74, 6) is 0.830. The van der Waals surface area contributed by atoms with E-state index in [4.69, 9.17) is 4.74 Å². The van der Waals surface area contributed by atoms with Gasteiger partial charge in [-0.3, -0.25) is 4.98 Å². The van der Waals surface area contributed by atoms with E-state index >= 15 is 0 Å². The third kappa shape index (κ3) is 5.12. The van der Waals surface area contributed by atoms with Crippen LogP contribution in [0.3, 0.4) is 0 Å². The van der Waals surface area contributed by atoms with E-state index in [1.54, 1.807) is 4.57 Å². The largest absolute Gasteiger partial charge is 0.443 e. The smallest absolute Gasteiger partial charge is 0.419 e. The third-order valence-electron chi connectivity index (χ3n) is 6.92. The first-order chi connectivity index (χ1) is 16.5. The number of aryl methyl sites for hydroxylation is 2. The van der Waals surface area contributed by atoms with Crippen LogP contribution in [0.2, 0.25) is 0 Å². The van der Waals surface area contributed by atoms with Crippen molar-refractivity contribution in [3.05, 3.63) is 52.8 Å². The number of nitriles is 1. The molecule has 2 aromatic heterocycles. The van der Waals surface area contributed by atoms with Gasteiger partial charge in [0.25, 0.3) is 0 Å². The number of pyridine rings is 1. The molecule has 5 heteroatoms. The third-order valence-corrected chi connectivity index (χ3v) is 6.92. The molecular weight excluding hydrogens is 434 g/mol. The molecular formula is C30H37N3O2. The zero-order valence-electron chi connectivity index (χ0n) is 22.1. The highest BCUT2D eigenvalue weighted by Crippen LogP contribution is 2.42. The fraction of sp³-hybridized carbons (Fsp3) is 0.500. The topological polar surface area (TPSA) is 67.9 Å². The lowest BCUT2D eigenvalue weighted by molar-refractivity contribution is 0.0547. The molecule has 4 rings (SSSR count). The van der Waals surface area contributed by atoms with Gasteiger partial charge in [-0.2, -0.15) is 5.26 Å². The summed E-state index contributed by atoms with van der Waals surface area (Å²) in [6, 6.07) is 13.1. The molecule has 1 aromatic carbocycles. The van der Waals surface area contributed by atoms with Gasteiger partial charge >= 0.3 is 6.09 Å². The summed E-state index contributed by atoms with van der Waals surface area (Å²) < 4.78 is 7.66. The lowest BCUT2D eigenvalue weighted by atomic mass is 9.79. The van der Waals surface area contributed by atoms with Gasteiger partial charge in [0.05, 0.1) is 17.3 Å². The lowest BCUT2D eigenvalue weighted by Crippen LogP contribution is -2.27. The minimum absolute atomic E-state index is 0.180. The first-order valence-electron chi connectivity index (χ1n) is 12.8. The number of carbonyl (C=O) groups is 1. The van der Waals surface area contributed by atoms with Crippen molar-refractivity contribution in [3.8, 4) is 17.3 Å². The summed E-state index contributed by atoms with van der Waals surface area (Å²) in [6.07, 6.45) is 3.61. The SMILES string of the molecule is Cc1cc(-c2c(C(C)C)c3cc(C4CCC(C#N)CC4)ccc3n2C(=O)OC(C)(C)C)cc(C)n1. The molecule has 0 atom stereocenters. The van der Waals surface area contributed by atoms with Gasteiger partial charge in [-0.15, -0.1) is 0 Å². The Hall–Kier alpha value is -3.13. The molecule has 5 nitrogen and oxygen atoms in total. The number of aromatic nitrogens is 2. The van der Waals surface area contributed by atoms with Crippen molar-refractivity contribution in [2.24, 2.45) is 5.92 Å². The number of nitrogens with zero attached hydrogens (tertiary/aromatic N) is 3. The number of rotatable bonds is 3. The summed E-state index contributed by atoms with van der Waals surface area (Å²) in [6.45, 7) is 14.0. The first kappa shape index (κ1) is 25.0. The molecule has 0 saturated heterocycles. The van der Waals surface area contributed by atoms with Crippen LogP contribution >= 0.6 is 0 Å². The summed E-state index contributed by atoms with van der Waals surface area (Å²) in [4.78, 5) is 18.2. The van der Waals surface area contributed by atoms with Crippen molar-refractivity contribution < 1.29 is 9.53 Å². The van der Waals surface area contributed by atoms with Crippen molar-refractivity contribution in [2.45, 2.75) is 91.6 Å². The van der Waals surface area contributed by atoms with E-state index in [9.17, 15) is 10.1 Å². The fourth-order valence-corrected chi connectivity index (χ4v) is 5.48. The summed E-state index contributed by atoms with van der Waals surface area (Å²) in [5.41, 5.74) is 6.44. The molecule has 3 aromatic rings. The minimum atomic E-state index is -0.605. The highest BCUT2D eigenvalue weighted by atomic mass is 16.6. The van der Waals surface area contributed by atoms with Crippen molar-refractivity contribution in [1.29, 1.82) is 5.26 Å². The normalized spacial score (nSPS) is 18.6. The van der Waals surface area contributed by atoms with Crippen molar-refractivity contribution in [1.82, 2.24) is 9.55 Å². The molecule has 1 aliphatic rings. The van der Waals surface area contributed by atoms with E-state index in [1.807, 2.05) is 34.6 Å². The molecule has 0 aliphatic heterocycles. The predicted molar refractivity (Wildman–Crippen MR) is 141 cm³/mol. The van der Waals surface area contributed by atoms with Gasteiger partial charge in [0.15, 0.2) is 0 Å². The molecule has 0 amide bonds. The van der Waals surface area contributed by atoms with E-state index in [-0.39, 0.29) is 17.9 Å². The molecule has 0 bridgehead atoms. The molecule has 1 fully saturated rings. The maximum absolute atomic E-state index is 13.6. The Morgan fingerprint density at radius 3 is 2.26 bits per heavy atom. The average Bonchev–Trinajstić information content (AvgIpc) is 3.12. The molecule has 184 valence electrons. The molecule has 1 saturated carbocycles. The van der Waals surface area contributed by atoms with E-state index in [0.717, 1.165) is 64.8 Å². The number of benzene rings is 1. The van der Waals surface area contributed by atoms with Crippen LogP contribution in [0.4, 0.5) is 4.79 Å². The Bertz CT molecular complexity index is 1280. The summed E-state index contributed by atoms with van der Waals surface area (Å²) in [5, 5.41) is 10.4. The maximum atomic E-state index is 13.6. The van der Waals surface area contributed by atoms with Crippen LogP contribution in [0.15, 0.2) is 30.3 Å². The fourth-order valence-electron chi connectivity index (χ4n) is 5.48. The van der Waals surface area contributed by atoms with Gasteiger partial charge < -0.3 is 4.74 Å². The highest BCUT2D eigenvalue weighted by Gasteiger charge is 2.29. The quantitative estimate of drug-likeness (QED) is 0.388. The molecule has 0 unspecified atom stereocenters. The van der Waals surface area contributed by atoms with Gasteiger partial charge in [0.2, 0.25) is 0 Å². The number of hydrogen-bond donors (Lipinski definition) is 0. The zero-order chi connectivity index (χ0) is 25.5. The van der Waals surface area contributed by atoms with Gasteiger partial charge in [0.1, 0.15) is 5.60 Å². The highest BCUT2D eigenvalue weighted by molar-refractivity contribution is 6.00. The van der Waals surface area contributed by atoms with Crippen LogP contribution in [-0.2, 0) is 4.74 Å². The number of carbonyl (C=O) groups excluding carboxylic acids is 1. The lowest BCUT2D eigenvalue weighted by Gasteiger charge is -2.25. The van der Waals surface area contributed by atoms with Crippen LogP contribution < -0.4 is 0 Å². The molecule has 1 aliphatic carbocycles. The van der Waals surface area contributed by atoms with Crippen LogP contribution in [0.1, 0.15) is 94.7 Å². The Morgan fingerprint density at radius 2 is 1.71 bits per heavy atom. The summed E-state index contributed by atoms with van der Waals surface area (Å²) >= 11 is 0. The number of ether oxygens (including phenoxy) is 1.